The summed E-state index contributed by atoms with van der Waals surface area (Å²) in [4.78, 5) is 23.8. The minimum atomic E-state index is -0.932. The first-order valence-corrected chi connectivity index (χ1v) is 10.1. The number of H-pyrrole nitrogens is 1. The smallest absolute Gasteiger partial charge is 0.313 e. The summed E-state index contributed by atoms with van der Waals surface area (Å²) >= 11 is 0. The van der Waals surface area contributed by atoms with E-state index in [1.165, 1.54) is 0 Å². The van der Waals surface area contributed by atoms with Crippen molar-refractivity contribution in [2.24, 2.45) is 0 Å². The van der Waals surface area contributed by atoms with E-state index < -0.39 is 11.4 Å². The fourth-order valence-electron chi connectivity index (χ4n) is 3.85. The number of carbonyl (C=O) groups is 1. The molecule has 5 nitrogen and oxygen atoms in total. The number of fused-ring (bicyclic) bond motifs is 2. The lowest BCUT2D eigenvalue weighted by Gasteiger charge is -2.19. The summed E-state index contributed by atoms with van der Waals surface area (Å²) in [5, 5.41) is 11.6. The highest BCUT2D eigenvalue weighted by Gasteiger charge is 2.29. The Labute approximate surface area is 179 Å². The van der Waals surface area contributed by atoms with Crippen LogP contribution in [0.1, 0.15) is 19.4 Å². The molecule has 152 valence electrons. The number of benzene rings is 2. The summed E-state index contributed by atoms with van der Waals surface area (Å²) in [6, 6.07) is 20.1. The van der Waals surface area contributed by atoms with Crippen molar-refractivity contribution in [1.82, 2.24) is 15.0 Å². The van der Waals surface area contributed by atoms with Gasteiger partial charge in [-0.3, -0.25) is 9.78 Å². The predicted octanol–water partition coefficient (Wildman–Crippen LogP) is 5.81. The Hall–Kier alpha value is -3.99. The molecule has 3 aromatic heterocycles. The summed E-state index contributed by atoms with van der Waals surface area (Å²) in [5.41, 5.74) is 5.78. The fraction of sp³-hybridized carbons (Fsp3) is 0.115. The minimum absolute atomic E-state index is 0.771. The van der Waals surface area contributed by atoms with Crippen LogP contribution in [0.4, 0.5) is 0 Å². The van der Waals surface area contributed by atoms with Gasteiger partial charge in [0.05, 0.1) is 10.9 Å². The number of carboxylic acid groups (broad SMARTS) is 1. The zero-order chi connectivity index (χ0) is 21.6. The Bertz CT molecular complexity index is 1430. The van der Waals surface area contributed by atoms with E-state index in [-0.39, 0.29) is 0 Å². The minimum Gasteiger partial charge on any atom is -0.481 e. The van der Waals surface area contributed by atoms with E-state index in [0.717, 1.165) is 49.8 Å². The van der Waals surface area contributed by atoms with Gasteiger partial charge in [0.15, 0.2) is 0 Å². The molecule has 5 heteroatoms. The second-order valence-electron chi connectivity index (χ2n) is 8.24. The molecular weight excluding hydrogens is 386 g/mol. The zero-order valence-corrected chi connectivity index (χ0v) is 17.3. The maximum Gasteiger partial charge on any atom is 0.313 e. The van der Waals surface area contributed by atoms with Crippen molar-refractivity contribution in [1.29, 1.82) is 0 Å². The number of rotatable bonds is 4. The Morgan fingerprint density at radius 1 is 0.935 bits per heavy atom. The van der Waals surface area contributed by atoms with Gasteiger partial charge < -0.3 is 10.1 Å². The number of nitrogens with one attached hydrogen (secondary N) is 1. The van der Waals surface area contributed by atoms with Crippen LogP contribution in [0.25, 0.3) is 44.2 Å². The molecule has 0 amide bonds. The maximum atomic E-state index is 11.5. The highest BCUT2D eigenvalue weighted by atomic mass is 16.4. The lowest BCUT2D eigenvalue weighted by Crippen LogP contribution is -2.28. The zero-order valence-electron chi connectivity index (χ0n) is 17.3. The predicted molar refractivity (Wildman–Crippen MR) is 123 cm³/mol. The van der Waals surface area contributed by atoms with Gasteiger partial charge in [-0.25, -0.2) is 4.98 Å². The molecule has 0 aliphatic carbocycles. The highest BCUT2D eigenvalue weighted by molar-refractivity contribution is 5.96. The Morgan fingerprint density at radius 3 is 2.48 bits per heavy atom. The second-order valence-corrected chi connectivity index (χ2v) is 8.24. The van der Waals surface area contributed by atoms with Crippen LogP contribution in [0.3, 0.4) is 0 Å². The highest BCUT2D eigenvalue weighted by Crippen LogP contribution is 2.33. The lowest BCUT2D eigenvalue weighted by molar-refractivity contribution is -0.142. The van der Waals surface area contributed by atoms with E-state index in [1.807, 2.05) is 48.8 Å². The molecule has 0 radical (unpaired) electrons. The van der Waals surface area contributed by atoms with E-state index in [1.54, 1.807) is 20.0 Å². The van der Waals surface area contributed by atoms with Crippen LogP contribution in [-0.4, -0.2) is 26.0 Å². The van der Waals surface area contributed by atoms with Crippen molar-refractivity contribution in [2.45, 2.75) is 19.3 Å². The first kappa shape index (κ1) is 19.0. The van der Waals surface area contributed by atoms with Crippen LogP contribution in [0.5, 0.6) is 0 Å². The molecule has 5 aromatic rings. The molecule has 0 saturated heterocycles. The molecule has 0 spiro atoms. The van der Waals surface area contributed by atoms with E-state index in [2.05, 4.69) is 39.2 Å². The summed E-state index contributed by atoms with van der Waals surface area (Å²) in [7, 11) is 0. The largest absolute Gasteiger partial charge is 0.481 e. The van der Waals surface area contributed by atoms with Gasteiger partial charge >= 0.3 is 5.97 Å². The Morgan fingerprint density at radius 2 is 1.71 bits per heavy atom. The van der Waals surface area contributed by atoms with Crippen molar-refractivity contribution >= 4 is 27.9 Å². The van der Waals surface area contributed by atoms with Gasteiger partial charge in [-0.15, -0.1) is 0 Å². The maximum absolute atomic E-state index is 11.5. The number of hydrogen-bond acceptors (Lipinski definition) is 3. The number of aromatic amines is 1. The van der Waals surface area contributed by atoms with Gasteiger partial charge in [0, 0.05) is 40.5 Å². The summed E-state index contributed by atoms with van der Waals surface area (Å²) in [6.45, 7) is 3.43. The van der Waals surface area contributed by atoms with Crippen LogP contribution in [0.2, 0.25) is 0 Å². The summed E-state index contributed by atoms with van der Waals surface area (Å²) in [6.07, 6.45) is 5.62. The SMILES string of the molecule is CC(C)(C(=O)O)c1ccc(-c2c[nH]c3ncc(-c4ccc5ncccc5c4)cc23)cc1. The van der Waals surface area contributed by atoms with Crippen molar-refractivity contribution in [3.05, 3.63) is 84.8 Å². The van der Waals surface area contributed by atoms with Crippen LogP contribution in [0, 0.1) is 0 Å². The normalized spacial score (nSPS) is 11.8. The number of nitrogens with zero attached hydrogens (tertiary/aromatic N) is 2. The third-order valence-corrected chi connectivity index (χ3v) is 5.92. The van der Waals surface area contributed by atoms with E-state index in [9.17, 15) is 9.90 Å². The first-order chi connectivity index (χ1) is 14.9. The molecular formula is C26H21N3O2. The molecule has 0 bridgehead atoms. The monoisotopic (exact) mass is 407 g/mol. The van der Waals surface area contributed by atoms with Gasteiger partial charge in [-0.2, -0.15) is 0 Å². The third kappa shape index (κ3) is 3.24. The Balaban J connectivity index is 1.57. The van der Waals surface area contributed by atoms with Gasteiger partial charge in [-0.1, -0.05) is 36.4 Å². The molecule has 0 atom stereocenters. The Kier molecular flexibility index (Phi) is 4.33. The van der Waals surface area contributed by atoms with Crippen molar-refractivity contribution < 1.29 is 9.90 Å². The number of aliphatic carboxylic acids is 1. The molecule has 0 fully saturated rings. The topological polar surface area (TPSA) is 78.9 Å². The molecule has 31 heavy (non-hydrogen) atoms. The number of carboxylic acids is 1. The van der Waals surface area contributed by atoms with Crippen LogP contribution >= 0.6 is 0 Å². The molecule has 2 aromatic carbocycles. The average Bonchev–Trinajstić information content (AvgIpc) is 3.22. The lowest BCUT2D eigenvalue weighted by atomic mass is 9.84. The first-order valence-electron chi connectivity index (χ1n) is 10.1. The molecule has 0 aliphatic rings. The summed E-state index contributed by atoms with van der Waals surface area (Å²) in [5.74, 6) is -0.841. The van der Waals surface area contributed by atoms with Crippen LogP contribution < -0.4 is 0 Å². The van der Waals surface area contributed by atoms with E-state index in [4.69, 9.17) is 0 Å². The van der Waals surface area contributed by atoms with Gasteiger partial charge in [0.2, 0.25) is 0 Å². The van der Waals surface area contributed by atoms with Gasteiger partial charge in [0.25, 0.3) is 0 Å². The van der Waals surface area contributed by atoms with Gasteiger partial charge in [-0.05, 0) is 54.8 Å². The molecule has 3 heterocycles. The van der Waals surface area contributed by atoms with Crippen LogP contribution in [0.15, 0.2) is 79.3 Å². The van der Waals surface area contributed by atoms with Crippen molar-refractivity contribution in [3.63, 3.8) is 0 Å². The number of hydrogen-bond donors (Lipinski definition) is 2. The quantitative estimate of drug-likeness (QED) is 0.394. The molecule has 0 saturated carbocycles. The van der Waals surface area contributed by atoms with Crippen LogP contribution in [-0.2, 0) is 10.2 Å². The molecule has 0 unspecified atom stereocenters. The van der Waals surface area contributed by atoms with E-state index >= 15 is 0 Å². The second kappa shape index (κ2) is 7.06. The summed E-state index contributed by atoms with van der Waals surface area (Å²) < 4.78 is 0. The number of aromatic nitrogens is 3. The van der Waals surface area contributed by atoms with Crippen molar-refractivity contribution in [2.75, 3.05) is 0 Å². The van der Waals surface area contributed by atoms with E-state index in [0.29, 0.717) is 0 Å². The van der Waals surface area contributed by atoms with Crippen molar-refractivity contribution in [3.8, 4) is 22.3 Å². The third-order valence-electron chi connectivity index (χ3n) is 5.92. The average molecular weight is 407 g/mol. The molecule has 2 N–H and O–H groups in total. The number of pyridine rings is 2. The standard InChI is InChI=1S/C26H21N3O2/c1-26(2,25(30)31)20-8-5-16(6-9-20)22-15-29-24-21(22)13-19(14-28-24)17-7-10-23-18(12-17)4-3-11-27-23/h3-15H,1-2H3,(H,28,29)(H,30,31). The molecule has 0 aliphatic heterocycles. The fourth-order valence-corrected chi connectivity index (χ4v) is 3.85. The van der Waals surface area contributed by atoms with Gasteiger partial charge in [0.1, 0.15) is 5.65 Å². The molecule has 5 rings (SSSR count).